The maximum absolute atomic E-state index is 6.59. The fourth-order valence-corrected chi connectivity index (χ4v) is 5.63. The van der Waals surface area contributed by atoms with Crippen molar-refractivity contribution in [3.05, 3.63) is 48.0 Å². The molecule has 0 aromatic heterocycles. The third-order valence-corrected chi connectivity index (χ3v) is 6.99. The van der Waals surface area contributed by atoms with Crippen LogP contribution in [-0.4, -0.2) is 22.0 Å². The molecule has 19 heavy (non-hydrogen) atoms. The Kier molecular flexibility index (Phi) is 4.06. The van der Waals surface area contributed by atoms with Crippen molar-refractivity contribution in [2.75, 3.05) is 11.5 Å². The lowest BCUT2D eigenvalue weighted by atomic mass is 9.96. The average molecular weight is 289 g/mol. The molecule has 3 unspecified atom stereocenters. The Bertz CT molecular complexity index is 564. The fourth-order valence-electron chi connectivity index (χ4n) is 2.76. The molecular weight excluding hydrogens is 270 g/mol. The second-order valence-corrected chi connectivity index (χ2v) is 7.78. The Morgan fingerprint density at radius 3 is 2.63 bits per heavy atom. The van der Waals surface area contributed by atoms with Crippen LogP contribution in [0.2, 0.25) is 0 Å². The summed E-state index contributed by atoms with van der Waals surface area (Å²) >= 11 is 4.09. The number of benzene rings is 2. The van der Waals surface area contributed by atoms with Crippen molar-refractivity contribution < 1.29 is 0 Å². The highest BCUT2D eigenvalue weighted by molar-refractivity contribution is 8.07. The summed E-state index contributed by atoms with van der Waals surface area (Å²) in [6.07, 6.45) is 0. The SMILES string of the molecule is CC1SCCSC1C(N)c1cccc2ccccc12. The van der Waals surface area contributed by atoms with Crippen LogP contribution in [0.4, 0.5) is 0 Å². The minimum atomic E-state index is 0.124. The first kappa shape index (κ1) is 13.3. The van der Waals surface area contributed by atoms with E-state index in [2.05, 4.69) is 61.2 Å². The molecule has 2 aromatic rings. The smallest absolute Gasteiger partial charge is 0.0432 e. The third-order valence-electron chi connectivity index (χ3n) is 3.77. The molecule has 0 radical (unpaired) electrons. The summed E-state index contributed by atoms with van der Waals surface area (Å²) in [4.78, 5) is 0. The van der Waals surface area contributed by atoms with E-state index in [1.165, 1.54) is 27.8 Å². The number of fused-ring (bicyclic) bond motifs is 1. The minimum absolute atomic E-state index is 0.124. The van der Waals surface area contributed by atoms with Gasteiger partial charge in [0, 0.05) is 28.0 Å². The van der Waals surface area contributed by atoms with Crippen LogP contribution in [0.25, 0.3) is 10.8 Å². The number of rotatable bonds is 2. The maximum Gasteiger partial charge on any atom is 0.0432 e. The van der Waals surface area contributed by atoms with Crippen molar-refractivity contribution in [1.82, 2.24) is 0 Å². The maximum atomic E-state index is 6.59. The van der Waals surface area contributed by atoms with Crippen LogP contribution in [0.1, 0.15) is 18.5 Å². The zero-order chi connectivity index (χ0) is 13.2. The van der Waals surface area contributed by atoms with Gasteiger partial charge in [-0.1, -0.05) is 49.4 Å². The van der Waals surface area contributed by atoms with Gasteiger partial charge in [-0.15, -0.1) is 0 Å². The Morgan fingerprint density at radius 2 is 1.79 bits per heavy atom. The topological polar surface area (TPSA) is 26.0 Å². The van der Waals surface area contributed by atoms with Gasteiger partial charge in [0.15, 0.2) is 0 Å². The molecule has 0 bridgehead atoms. The average Bonchev–Trinajstić information content (AvgIpc) is 2.46. The highest BCUT2D eigenvalue weighted by Crippen LogP contribution is 2.39. The zero-order valence-electron chi connectivity index (χ0n) is 11.1. The van der Waals surface area contributed by atoms with E-state index < -0.39 is 0 Å². The summed E-state index contributed by atoms with van der Waals surface area (Å²) in [5.74, 6) is 2.47. The Hall–Kier alpha value is -0.640. The van der Waals surface area contributed by atoms with Crippen LogP contribution in [0, 0.1) is 0 Å². The Labute approximate surface area is 123 Å². The van der Waals surface area contributed by atoms with Crippen molar-refractivity contribution in [3.63, 3.8) is 0 Å². The van der Waals surface area contributed by atoms with Gasteiger partial charge >= 0.3 is 0 Å². The van der Waals surface area contributed by atoms with Gasteiger partial charge in [-0.25, -0.2) is 0 Å². The molecule has 1 saturated heterocycles. The van der Waals surface area contributed by atoms with Crippen molar-refractivity contribution in [2.45, 2.75) is 23.5 Å². The van der Waals surface area contributed by atoms with E-state index >= 15 is 0 Å². The summed E-state index contributed by atoms with van der Waals surface area (Å²) in [7, 11) is 0. The van der Waals surface area contributed by atoms with Crippen LogP contribution >= 0.6 is 23.5 Å². The van der Waals surface area contributed by atoms with Gasteiger partial charge in [0.25, 0.3) is 0 Å². The van der Waals surface area contributed by atoms with Gasteiger partial charge in [0.2, 0.25) is 0 Å². The first-order chi connectivity index (χ1) is 9.27. The zero-order valence-corrected chi connectivity index (χ0v) is 12.7. The monoisotopic (exact) mass is 289 g/mol. The van der Waals surface area contributed by atoms with E-state index in [4.69, 9.17) is 5.73 Å². The number of nitrogens with two attached hydrogens (primary N) is 1. The van der Waals surface area contributed by atoms with E-state index in [9.17, 15) is 0 Å². The summed E-state index contributed by atoms with van der Waals surface area (Å²) in [5, 5.41) is 3.75. The standard InChI is InChI=1S/C16H19NS2/c1-11-16(19-10-9-18-11)15(17)14-8-4-6-12-5-2-3-7-13(12)14/h2-8,11,15-16H,9-10,17H2,1H3. The van der Waals surface area contributed by atoms with E-state index in [0.717, 1.165) is 0 Å². The quantitative estimate of drug-likeness (QED) is 0.902. The van der Waals surface area contributed by atoms with Gasteiger partial charge in [-0.3, -0.25) is 0 Å². The van der Waals surface area contributed by atoms with Crippen molar-refractivity contribution in [1.29, 1.82) is 0 Å². The lowest BCUT2D eigenvalue weighted by Crippen LogP contribution is -2.34. The molecule has 3 heteroatoms. The second kappa shape index (κ2) is 5.78. The van der Waals surface area contributed by atoms with Crippen molar-refractivity contribution in [3.8, 4) is 0 Å². The summed E-state index contributed by atoms with van der Waals surface area (Å²) in [6.45, 7) is 2.31. The first-order valence-electron chi connectivity index (χ1n) is 6.74. The Balaban J connectivity index is 1.99. The first-order valence-corrected chi connectivity index (χ1v) is 8.83. The molecule has 0 saturated carbocycles. The van der Waals surface area contributed by atoms with E-state index in [1.807, 2.05) is 11.8 Å². The summed E-state index contributed by atoms with van der Waals surface area (Å²) < 4.78 is 0. The van der Waals surface area contributed by atoms with E-state index in [0.29, 0.717) is 10.5 Å². The van der Waals surface area contributed by atoms with Gasteiger partial charge in [-0.2, -0.15) is 23.5 Å². The number of thioether (sulfide) groups is 2. The number of hydrogen-bond acceptors (Lipinski definition) is 3. The lowest BCUT2D eigenvalue weighted by molar-refractivity contribution is 0.668. The predicted molar refractivity (Wildman–Crippen MR) is 89.0 cm³/mol. The summed E-state index contributed by atoms with van der Waals surface area (Å²) in [5.41, 5.74) is 7.89. The molecule has 0 spiro atoms. The van der Waals surface area contributed by atoms with Gasteiger partial charge in [0.1, 0.15) is 0 Å². The largest absolute Gasteiger partial charge is 0.323 e. The number of hydrogen-bond donors (Lipinski definition) is 1. The fraction of sp³-hybridized carbons (Fsp3) is 0.375. The van der Waals surface area contributed by atoms with Gasteiger partial charge < -0.3 is 5.73 Å². The lowest BCUT2D eigenvalue weighted by Gasteiger charge is -2.33. The predicted octanol–water partition coefficient (Wildman–Crippen LogP) is 4.08. The van der Waals surface area contributed by atoms with Crippen LogP contribution in [0.5, 0.6) is 0 Å². The van der Waals surface area contributed by atoms with Crippen LogP contribution in [0.3, 0.4) is 0 Å². The van der Waals surface area contributed by atoms with Gasteiger partial charge in [-0.05, 0) is 16.3 Å². The van der Waals surface area contributed by atoms with Crippen molar-refractivity contribution >= 4 is 34.3 Å². The molecule has 2 aromatic carbocycles. The molecule has 100 valence electrons. The third kappa shape index (κ3) is 2.64. The molecule has 0 aliphatic carbocycles. The molecule has 1 aliphatic heterocycles. The minimum Gasteiger partial charge on any atom is -0.323 e. The molecule has 2 N–H and O–H groups in total. The molecule has 1 nitrogen and oxygen atoms in total. The molecular formula is C16H19NS2. The molecule has 3 atom stereocenters. The van der Waals surface area contributed by atoms with Crippen LogP contribution < -0.4 is 5.73 Å². The molecule has 3 rings (SSSR count). The second-order valence-electron chi connectivity index (χ2n) is 5.01. The summed E-state index contributed by atoms with van der Waals surface area (Å²) in [6, 6.07) is 15.2. The molecule has 1 aliphatic rings. The van der Waals surface area contributed by atoms with Gasteiger partial charge in [0.05, 0.1) is 0 Å². The normalized spacial score (nSPS) is 25.4. The van der Waals surface area contributed by atoms with Crippen LogP contribution in [-0.2, 0) is 0 Å². The van der Waals surface area contributed by atoms with E-state index in [1.54, 1.807) is 0 Å². The molecule has 1 fully saturated rings. The van der Waals surface area contributed by atoms with Crippen molar-refractivity contribution in [2.24, 2.45) is 5.73 Å². The van der Waals surface area contributed by atoms with Crippen LogP contribution in [0.15, 0.2) is 42.5 Å². The van der Waals surface area contributed by atoms with E-state index in [-0.39, 0.29) is 6.04 Å². The highest BCUT2D eigenvalue weighted by Gasteiger charge is 2.29. The molecule has 0 amide bonds. The molecule has 1 heterocycles. The highest BCUT2D eigenvalue weighted by atomic mass is 32.2. The Morgan fingerprint density at radius 1 is 1.05 bits per heavy atom.